The van der Waals surface area contributed by atoms with Gasteiger partial charge in [0.2, 0.25) is 0 Å². The van der Waals surface area contributed by atoms with Gasteiger partial charge in [-0.25, -0.2) is 4.79 Å². The van der Waals surface area contributed by atoms with Crippen molar-refractivity contribution < 1.29 is 31.3 Å². The standard InChI is InChI=1S/C13H16F2O5S/c1-12(2,3)8-20-21(18,19)13(14,15)10-6-4-9(5-7-10)11(16)17/h4-7H,8H2,1-3H3,(H,16,17). The molecule has 0 fully saturated rings. The summed E-state index contributed by atoms with van der Waals surface area (Å²) in [6.07, 6.45) is 0. The van der Waals surface area contributed by atoms with E-state index in [1.54, 1.807) is 20.8 Å². The number of carbonyl (C=O) groups is 1. The molecule has 0 aliphatic rings. The van der Waals surface area contributed by atoms with E-state index >= 15 is 0 Å². The number of hydrogen-bond donors (Lipinski definition) is 1. The Morgan fingerprint density at radius 1 is 1.19 bits per heavy atom. The van der Waals surface area contributed by atoms with Crippen LogP contribution in [-0.2, 0) is 19.6 Å². The highest BCUT2D eigenvalue weighted by atomic mass is 32.2. The van der Waals surface area contributed by atoms with Gasteiger partial charge < -0.3 is 5.11 Å². The van der Waals surface area contributed by atoms with Gasteiger partial charge in [-0.05, 0) is 17.5 Å². The molecule has 0 aliphatic heterocycles. The Bertz CT molecular complexity index is 615. The molecule has 0 saturated heterocycles. The highest BCUT2D eigenvalue weighted by Crippen LogP contribution is 2.36. The molecule has 1 rings (SSSR count). The maximum atomic E-state index is 14.0. The number of alkyl halides is 2. The molecule has 0 aliphatic carbocycles. The molecule has 0 heterocycles. The van der Waals surface area contributed by atoms with Gasteiger partial charge in [-0.1, -0.05) is 32.9 Å². The van der Waals surface area contributed by atoms with E-state index in [0.717, 1.165) is 24.3 Å². The molecule has 21 heavy (non-hydrogen) atoms. The summed E-state index contributed by atoms with van der Waals surface area (Å²) in [6, 6.07) is 3.32. The largest absolute Gasteiger partial charge is 0.478 e. The number of benzene rings is 1. The molecule has 0 aromatic heterocycles. The van der Waals surface area contributed by atoms with Crippen molar-refractivity contribution in [3.8, 4) is 0 Å². The summed E-state index contributed by atoms with van der Waals surface area (Å²) in [7, 11) is -5.16. The highest BCUT2D eigenvalue weighted by Gasteiger charge is 2.48. The van der Waals surface area contributed by atoms with Crippen molar-refractivity contribution in [2.45, 2.75) is 26.0 Å². The van der Waals surface area contributed by atoms with E-state index in [4.69, 9.17) is 5.11 Å². The third-order valence-corrected chi connectivity index (χ3v) is 3.72. The van der Waals surface area contributed by atoms with Gasteiger partial charge in [-0.15, -0.1) is 0 Å². The number of hydrogen-bond acceptors (Lipinski definition) is 4. The van der Waals surface area contributed by atoms with Gasteiger partial charge in [0.05, 0.1) is 12.2 Å². The molecule has 0 saturated carbocycles. The molecule has 0 spiro atoms. The fourth-order valence-corrected chi connectivity index (χ4v) is 2.36. The zero-order valence-corrected chi connectivity index (χ0v) is 12.6. The molecule has 0 radical (unpaired) electrons. The normalized spacial score (nSPS) is 13.2. The Balaban J connectivity index is 3.05. The first-order chi connectivity index (χ1) is 9.37. The minimum atomic E-state index is -5.16. The Morgan fingerprint density at radius 3 is 2.05 bits per heavy atom. The summed E-state index contributed by atoms with van der Waals surface area (Å²) < 4.78 is 55.6. The minimum Gasteiger partial charge on any atom is -0.478 e. The molecule has 0 unspecified atom stereocenters. The summed E-state index contributed by atoms with van der Waals surface area (Å²) in [5.41, 5.74) is -1.67. The van der Waals surface area contributed by atoms with Crippen LogP contribution in [0.5, 0.6) is 0 Å². The fraction of sp³-hybridized carbons (Fsp3) is 0.462. The Morgan fingerprint density at radius 2 is 1.67 bits per heavy atom. The molecule has 0 amide bonds. The molecule has 118 valence electrons. The second kappa shape index (κ2) is 5.69. The van der Waals surface area contributed by atoms with Gasteiger partial charge in [0.15, 0.2) is 0 Å². The van der Waals surface area contributed by atoms with Crippen LogP contribution in [0.25, 0.3) is 0 Å². The summed E-state index contributed by atoms with van der Waals surface area (Å²) in [5.74, 6) is -1.29. The van der Waals surface area contributed by atoms with Crippen LogP contribution in [0.4, 0.5) is 8.78 Å². The third-order valence-electron chi connectivity index (χ3n) is 2.43. The van der Waals surface area contributed by atoms with Crippen LogP contribution in [0.15, 0.2) is 24.3 Å². The van der Waals surface area contributed by atoms with Crippen molar-refractivity contribution in [2.75, 3.05) is 6.61 Å². The van der Waals surface area contributed by atoms with Crippen LogP contribution >= 0.6 is 0 Å². The van der Waals surface area contributed by atoms with Crippen LogP contribution in [0.3, 0.4) is 0 Å². The Labute approximate surface area is 121 Å². The van der Waals surface area contributed by atoms with Gasteiger partial charge >= 0.3 is 21.3 Å². The summed E-state index contributed by atoms with van der Waals surface area (Å²) in [4.78, 5) is 10.6. The molecular formula is C13H16F2O5S. The second-order valence-electron chi connectivity index (χ2n) is 5.68. The van der Waals surface area contributed by atoms with Crippen LogP contribution in [0.2, 0.25) is 0 Å². The van der Waals surface area contributed by atoms with Gasteiger partial charge in [-0.2, -0.15) is 17.2 Å². The van der Waals surface area contributed by atoms with Gasteiger partial charge in [0, 0.05) is 5.56 Å². The topological polar surface area (TPSA) is 80.7 Å². The van der Waals surface area contributed by atoms with E-state index in [1.165, 1.54) is 0 Å². The zero-order valence-electron chi connectivity index (χ0n) is 11.8. The molecule has 1 N–H and O–H groups in total. The molecule has 8 heteroatoms. The lowest BCUT2D eigenvalue weighted by Crippen LogP contribution is -2.31. The lowest BCUT2D eigenvalue weighted by molar-refractivity contribution is 0.0640. The molecule has 1 aromatic rings. The molecular weight excluding hydrogens is 306 g/mol. The molecule has 0 bridgehead atoms. The maximum absolute atomic E-state index is 14.0. The van der Waals surface area contributed by atoms with Crippen molar-refractivity contribution in [3.63, 3.8) is 0 Å². The first-order valence-corrected chi connectivity index (χ1v) is 7.38. The zero-order chi connectivity index (χ0) is 16.5. The van der Waals surface area contributed by atoms with Crippen molar-refractivity contribution in [3.05, 3.63) is 35.4 Å². The van der Waals surface area contributed by atoms with E-state index < -0.39 is 38.9 Å². The van der Waals surface area contributed by atoms with Gasteiger partial charge in [0.25, 0.3) is 0 Å². The van der Waals surface area contributed by atoms with E-state index in [9.17, 15) is 22.0 Å². The Kier molecular flexibility index (Phi) is 4.74. The molecule has 0 atom stereocenters. The highest BCUT2D eigenvalue weighted by molar-refractivity contribution is 7.87. The molecule has 1 aromatic carbocycles. The third kappa shape index (κ3) is 4.21. The average Bonchev–Trinajstić information content (AvgIpc) is 2.35. The van der Waals surface area contributed by atoms with E-state index in [1.807, 2.05) is 0 Å². The minimum absolute atomic E-state index is 0.220. The number of carboxylic acid groups (broad SMARTS) is 1. The quantitative estimate of drug-likeness (QED) is 0.843. The van der Waals surface area contributed by atoms with Crippen molar-refractivity contribution in [1.82, 2.24) is 0 Å². The maximum Gasteiger partial charge on any atom is 0.395 e. The fourth-order valence-electron chi connectivity index (χ4n) is 1.28. The lowest BCUT2D eigenvalue weighted by Gasteiger charge is -2.21. The average molecular weight is 322 g/mol. The number of carboxylic acids is 1. The second-order valence-corrected chi connectivity index (χ2v) is 7.33. The summed E-state index contributed by atoms with van der Waals surface area (Å²) in [5, 5.41) is 4.43. The first-order valence-electron chi connectivity index (χ1n) is 5.97. The monoisotopic (exact) mass is 322 g/mol. The number of aromatic carboxylic acids is 1. The van der Waals surface area contributed by atoms with Crippen molar-refractivity contribution in [2.24, 2.45) is 5.41 Å². The van der Waals surface area contributed by atoms with Gasteiger partial charge in [0.1, 0.15) is 0 Å². The van der Waals surface area contributed by atoms with Crippen LogP contribution in [0.1, 0.15) is 36.7 Å². The summed E-state index contributed by atoms with van der Waals surface area (Å²) >= 11 is 0. The smallest absolute Gasteiger partial charge is 0.395 e. The predicted molar refractivity (Wildman–Crippen MR) is 71.6 cm³/mol. The van der Waals surface area contributed by atoms with Crippen LogP contribution in [-0.4, -0.2) is 26.1 Å². The van der Waals surface area contributed by atoms with E-state index in [0.29, 0.717) is 0 Å². The van der Waals surface area contributed by atoms with E-state index in [2.05, 4.69) is 4.18 Å². The Hall–Kier alpha value is -1.54. The van der Waals surface area contributed by atoms with Crippen molar-refractivity contribution >= 4 is 16.1 Å². The van der Waals surface area contributed by atoms with Crippen LogP contribution < -0.4 is 0 Å². The molecule has 5 nitrogen and oxygen atoms in total. The number of halogens is 2. The van der Waals surface area contributed by atoms with Crippen LogP contribution in [0, 0.1) is 5.41 Å². The van der Waals surface area contributed by atoms with Crippen molar-refractivity contribution in [1.29, 1.82) is 0 Å². The SMILES string of the molecule is CC(C)(C)COS(=O)(=O)C(F)(F)c1ccc(C(=O)O)cc1. The summed E-state index contributed by atoms with van der Waals surface area (Å²) in [6.45, 7) is 4.53. The lowest BCUT2D eigenvalue weighted by atomic mass is 9.99. The predicted octanol–water partition coefficient (Wildman–Crippen LogP) is 2.83. The number of rotatable bonds is 5. The van der Waals surface area contributed by atoms with E-state index in [-0.39, 0.29) is 5.56 Å². The van der Waals surface area contributed by atoms with Gasteiger partial charge in [-0.3, -0.25) is 4.18 Å². The first kappa shape index (κ1) is 17.5.